The fraction of sp³-hybridized carbons (Fsp3) is 0.867. The standard InChI is InChI=1S/C15H28N2O3/c1-4-8-17(10-15(19)20)9-14(18)16-13-7-5-6-11(2)12(13)3/h11-13H,4-10H2,1-3H3,(H,16,18)(H,19,20)/t11-,12+,13-/m1/s1. The Balaban J connectivity index is 2.46. The number of carbonyl (C=O) groups is 2. The van der Waals surface area contributed by atoms with Crippen LogP contribution in [0.4, 0.5) is 0 Å². The highest BCUT2D eigenvalue weighted by Crippen LogP contribution is 2.29. The lowest BCUT2D eigenvalue weighted by Crippen LogP contribution is -2.48. The van der Waals surface area contributed by atoms with Crippen LogP contribution >= 0.6 is 0 Å². The zero-order chi connectivity index (χ0) is 15.1. The lowest BCUT2D eigenvalue weighted by molar-refractivity contribution is -0.138. The van der Waals surface area contributed by atoms with Crippen LogP contribution in [0.5, 0.6) is 0 Å². The van der Waals surface area contributed by atoms with Crippen molar-refractivity contribution in [2.75, 3.05) is 19.6 Å². The van der Waals surface area contributed by atoms with Gasteiger partial charge in [-0.05, 0) is 31.2 Å². The highest BCUT2D eigenvalue weighted by atomic mass is 16.4. The van der Waals surface area contributed by atoms with E-state index < -0.39 is 5.97 Å². The Morgan fingerprint density at radius 2 is 1.95 bits per heavy atom. The van der Waals surface area contributed by atoms with E-state index in [-0.39, 0.29) is 25.0 Å². The van der Waals surface area contributed by atoms with Crippen LogP contribution in [-0.4, -0.2) is 47.6 Å². The average molecular weight is 284 g/mol. The van der Waals surface area contributed by atoms with Gasteiger partial charge >= 0.3 is 5.97 Å². The zero-order valence-electron chi connectivity index (χ0n) is 12.9. The molecule has 2 N–H and O–H groups in total. The van der Waals surface area contributed by atoms with Crippen molar-refractivity contribution in [2.24, 2.45) is 11.8 Å². The number of nitrogens with one attached hydrogen (secondary N) is 1. The second-order valence-electron chi connectivity index (χ2n) is 6.05. The van der Waals surface area contributed by atoms with E-state index in [0.717, 1.165) is 19.3 Å². The van der Waals surface area contributed by atoms with Crippen molar-refractivity contribution in [1.29, 1.82) is 0 Å². The lowest BCUT2D eigenvalue weighted by atomic mass is 9.78. The van der Waals surface area contributed by atoms with Gasteiger partial charge in [0.25, 0.3) is 0 Å². The SMILES string of the molecule is CCCN(CC(=O)O)CC(=O)N[C@@H]1CCC[C@@H](C)[C@@H]1C. The van der Waals surface area contributed by atoms with Crippen molar-refractivity contribution in [1.82, 2.24) is 10.2 Å². The maximum Gasteiger partial charge on any atom is 0.317 e. The number of nitrogens with zero attached hydrogens (tertiary/aromatic N) is 1. The van der Waals surface area contributed by atoms with Crippen molar-refractivity contribution >= 4 is 11.9 Å². The molecule has 1 rings (SSSR count). The average Bonchev–Trinajstić information content (AvgIpc) is 2.34. The number of rotatable bonds is 7. The molecule has 116 valence electrons. The molecule has 0 unspecified atom stereocenters. The molecule has 1 aliphatic carbocycles. The first-order chi connectivity index (χ1) is 9.43. The van der Waals surface area contributed by atoms with Crippen LogP contribution in [0, 0.1) is 11.8 Å². The van der Waals surface area contributed by atoms with E-state index in [1.807, 2.05) is 6.92 Å². The van der Waals surface area contributed by atoms with Gasteiger partial charge in [0.2, 0.25) is 5.91 Å². The number of carbonyl (C=O) groups excluding carboxylic acids is 1. The molecular formula is C15H28N2O3. The molecule has 3 atom stereocenters. The number of carboxylic acids is 1. The maximum absolute atomic E-state index is 12.1. The summed E-state index contributed by atoms with van der Waals surface area (Å²) in [4.78, 5) is 24.6. The molecule has 0 radical (unpaired) electrons. The molecule has 0 aromatic rings. The molecular weight excluding hydrogens is 256 g/mol. The Labute approximate surface area is 121 Å². The van der Waals surface area contributed by atoms with Crippen LogP contribution in [0.1, 0.15) is 46.5 Å². The summed E-state index contributed by atoms with van der Waals surface area (Å²) in [6.45, 7) is 7.15. The molecule has 1 amide bonds. The first kappa shape index (κ1) is 17.0. The van der Waals surface area contributed by atoms with E-state index in [9.17, 15) is 9.59 Å². The van der Waals surface area contributed by atoms with Gasteiger partial charge in [0.15, 0.2) is 0 Å². The smallest absolute Gasteiger partial charge is 0.317 e. The summed E-state index contributed by atoms with van der Waals surface area (Å²) in [5, 5.41) is 11.9. The van der Waals surface area contributed by atoms with Gasteiger partial charge in [0.05, 0.1) is 13.1 Å². The van der Waals surface area contributed by atoms with Crippen molar-refractivity contribution in [3.63, 3.8) is 0 Å². The van der Waals surface area contributed by atoms with Crippen LogP contribution in [0.2, 0.25) is 0 Å². The van der Waals surface area contributed by atoms with Gasteiger partial charge in [-0.3, -0.25) is 14.5 Å². The molecule has 1 fully saturated rings. The third-order valence-electron chi connectivity index (χ3n) is 4.32. The molecule has 0 heterocycles. The number of hydrogen-bond acceptors (Lipinski definition) is 3. The van der Waals surface area contributed by atoms with Gasteiger partial charge in [-0.2, -0.15) is 0 Å². The predicted octanol–water partition coefficient (Wildman–Crippen LogP) is 1.72. The van der Waals surface area contributed by atoms with Crippen molar-refractivity contribution in [3.05, 3.63) is 0 Å². The van der Waals surface area contributed by atoms with E-state index >= 15 is 0 Å². The van der Waals surface area contributed by atoms with E-state index in [2.05, 4.69) is 19.2 Å². The second kappa shape index (κ2) is 8.25. The molecule has 0 aliphatic heterocycles. The first-order valence-electron chi connectivity index (χ1n) is 7.67. The Hall–Kier alpha value is -1.10. The fourth-order valence-corrected chi connectivity index (χ4v) is 2.96. The van der Waals surface area contributed by atoms with Gasteiger partial charge in [0, 0.05) is 6.04 Å². The Morgan fingerprint density at radius 3 is 2.55 bits per heavy atom. The minimum Gasteiger partial charge on any atom is -0.480 e. The first-order valence-corrected chi connectivity index (χ1v) is 7.67. The topological polar surface area (TPSA) is 69.6 Å². The van der Waals surface area contributed by atoms with Crippen molar-refractivity contribution in [3.8, 4) is 0 Å². The fourth-order valence-electron chi connectivity index (χ4n) is 2.96. The summed E-state index contributed by atoms with van der Waals surface area (Å²) in [7, 11) is 0. The second-order valence-corrected chi connectivity index (χ2v) is 6.05. The third kappa shape index (κ3) is 5.49. The Bertz CT molecular complexity index is 333. The molecule has 1 aliphatic rings. The minimum atomic E-state index is -0.883. The van der Waals surface area contributed by atoms with Crippen LogP contribution in [0.15, 0.2) is 0 Å². The molecule has 0 bridgehead atoms. The molecule has 20 heavy (non-hydrogen) atoms. The highest BCUT2D eigenvalue weighted by Gasteiger charge is 2.28. The van der Waals surface area contributed by atoms with Gasteiger partial charge in [-0.1, -0.05) is 33.6 Å². The quantitative estimate of drug-likeness (QED) is 0.747. The molecule has 1 saturated carbocycles. The lowest BCUT2D eigenvalue weighted by Gasteiger charge is -2.35. The predicted molar refractivity (Wildman–Crippen MR) is 78.5 cm³/mol. The van der Waals surface area contributed by atoms with E-state index in [4.69, 9.17) is 5.11 Å². The van der Waals surface area contributed by atoms with E-state index in [0.29, 0.717) is 18.4 Å². The maximum atomic E-state index is 12.1. The molecule has 0 saturated heterocycles. The zero-order valence-corrected chi connectivity index (χ0v) is 12.9. The van der Waals surface area contributed by atoms with Gasteiger partial charge in [-0.25, -0.2) is 0 Å². The molecule has 0 aromatic heterocycles. The van der Waals surface area contributed by atoms with Crippen molar-refractivity contribution < 1.29 is 14.7 Å². The molecule has 5 nitrogen and oxygen atoms in total. The normalized spacial score (nSPS) is 26.5. The Morgan fingerprint density at radius 1 is 1.25 bits per heavy atom. The summed E-state index contributed by atoms with van der Waals surface area (Å²) in [6, 6.07) is 0.236. The summed E-state index contributed by atoms with van der Waals surface area (Å²) >= 11 is 0. The van der Waals surface area contributed by atoms with Crippen LogP contribution < -0.4 is 5.32 Å². The summed E-state index contributed by atoms with van der Waals surface area (Å²) in [5.41, 5.74) is 0. The van der Waals surface area contributed by atoms with Crippen LogP contribution in [0.25, 0.3) is 0 Å². The molecule has 0 aromatic carbocycles. The molecule has 5 heteroatoms. The largest absolute Gasteiger partial charge is 0.480 e. The van der Waals surface area contributed by atoms with E-state index in [1.165, 1.54) is 6.42 Å². The minimum absolute atomic E-state index is 0.0503. The number of amides is 1. The van der Waals surface area contributed by atoms with Crippen LogP contribution in [-0.2, 0) is 9.59 Å². The van der Waals surface area contributed by atoms with Gasteiger partial charge in [0.1, 0.15) is 0 Å². The Kier molecular flexibility index (Phi) is 6.99. The van der Waals surface area contributed by atoms with Gasteiger partial charge < -0.3 is 10.4 Å². The highest BCUT2D eigenvalue weighted by molar-refractivity contribution is 5.79. The summed E-state index contributed by atoms with van der Waals surface area (Å²) < 4.78 is 0. The number of hydrogen-bond donors (Lipinski definition) is 2. The summed E-state index contributed by atoms with van der Waals surface area (Å²) in [5.74, 6) is 0.197. The number of carboxylic acid groups (broad SMARTS) is 1. The third-order valence-corrected chi connectivity index (χ3v) is 4.32. The van der Waals surface area contributed by atoms with E-state index in [1.54, 1.807) is 4.90 Å². The van der Waals surface area contributed by atoms with Crippen molar-refractivity contribution in [2.45, 2.75) is 52.5 Å². The van der Waals surface area contributed by atoms with Gasteiger partial charge in [-0.15, -0.1) is 0 Å². The number of aliphatic carboxylic acids is 1. The molecule has 0 spiro atoms. The van der Waals surface area contributed by atoms with Crippen LogP contribution in [0.3, 0.4) is 0 Å². The monoisotopic (exact) mass is 284 g/mol. The summed E-state index contributed by atoms with van der Waals surface area (Å²) in [6.07, 6.45) is 4.26.